The molecule has 2 rings (SSSR count). The SMILES string of the molecule is Cc1nn(C)c(C)c1CCC(=O)N1CCO[C@@H](CCN(C)C)C1. The van der Waals surface area contributed by atoms with Crippen LogP contribution in [-0.2, 0) is 23.0 Å². The second-order valence-electron chi connectivity index (χ2n) is 6.70. The summed E-state index contributed by atoms with van der Waals surface area (Å²) >= 11 is 0. The summed E-state index contributed by atoms with van der Waals surface area (Å²) < 4.78 is 7.67. The number of nitrogens with zero attached hydrogens (tertiary/aromatic N) is 4. The van der Waals surface area contributed by atoms with Crippen LogP contribution in [0.4, 0.5) is 0 Å². The molecule has 6 nitrogen and oxygen atoms in total. The van der Waals surface area contributed by atoms with Crippen LogP contribution in [0.15, 0.2) is 0 Å². The van der Waals surface area contributed by atoms with Gasteiger partial charge in [-0.25, -0.2) is 0 Å². The molecule has 1 fully saturated rings. The number of hydrogen-bond acceptors (Lipinski definition) is 4. The third-order valence-electron chi connectivity index (χ3n) is 4.64. The van der Waals surface area contributed by atoms with Crippen LogP contribution in [0.5, 0.6) is 0 Å². The number of carbonyl (C=O) groups is 1. The molecule has 1 atom stereocenters. The summed E-state index contributed by atoms with van der Waals surface area (Å²) in [4.78, 5) is 16.6. The standard InChI is InChI=1S/C17H30N4O2/c1-13-16(14(2)20(5)18-13)6-7-17(22)21-10-11-23-15(12-21)8-9-19(3)4/h15H,6-12H2,1-5H3/t15-/m0/s1. The number of aromatic nitrogens is 2. The molecule has 1 aliphatic heterocycles. The molecule has 1 aromatic heterocycles. The smallest absolute Gasteiger partial charge is 0.223 e. The van der Waals surface area contributed by atoms with Crippen molar-refractivity contribution in [3.63, 3.8) is 0 Å². The lowest BCUT2D eigenvalue weighted by molar-refractivity contribution is -0.139. The molecule has 1 amide bonds. The maximum Gasteiger partial charge on any atom is 0.223 e. The molecule has 0 aromatic carbocycles. The van der Waals surface area contributed by atoms with Crippen molar-refractivity contribution in [3.05, 3.63) is 17.0 Å². The van der Waals surface area contributed by atoms with Crippen molar-refractivity contribution >= 4 is 5.91 Å². The van der Waals surface area contributed by atoms with E-state index < -0.39 is 0 Å². The zero-order valence-electron chi connectivity index (χ0n) is 15.1. The second kappa shape index (κ2) is 7.93. The molecule has 0 radical (unpaired) electrons. The number of morpholine rings is 1. The van der Waals surface area contributed by atoms with Gasteiger partial charge in [0.1, 0.15) is 0 Å². The first-order chi connectivity index (χ1) is 10.9. The van der Waals surface area contributed by atoms with E-state index in [1.54, 1.807) is 0 Å². The van der Waals surface area contributed by atoms with Gasteiger partial charge in [0.15, 0.2) is 0 Å². The topological polar surface area (TPSA) is 50.6 Å². The summed E-state index contributed by atoms with van der Waals surface area (Å²) in [5.74, 6) is 0.228. The maximum atomic E-state index is 12.5. The van der Waals surface area contributed by atoms with Gasteiger partial charge >= 0.3 is 0 Å². The molecule has 2 heterocycles. The first-order valence-electron chi connectivity index (χ1n) is 8.41. The number of rotatable bonds is 6. The largest absolute Gasteiger partial charge is 0.374 e. The Morgan fingerprint density at radius 2 is 2.13 bits per heavy atom. The van der Waals surface area contributed by atoms with Crippen LogP contribution < -0.4 is 0 Å². The molecule has 0 N–H and O–H groups in total. The third-order valence-corrected chi connectivity index (χ3v) is 4.64. The average Bonchev–Trinajstić information content (AvgIpc) is 2.76. The molecule has 0 unspecified atom stereocenters. The predicted molar refractivity (Wildman–Crippen MR) is 90.5 cm³/mol. The van der Waals surface area contributed by atoms with Crippen molar-refractivity contribution in [2.75, 3.05) is 40.3 Å². The monoisotopic (exact) mass is 322 g/mol. The number of aryl methyl sites for hydroxylation is 2. The van der Waals surface area contributed by atoms with Crippen LogP contribution >= 0.6 is 0 Å². The van der Waals surface area contributed by atoms with E-state index in [-0.39, 0.29) is 12.0 Å². The zero-order chi connectivity index (χ0) is 17.0. The summed E-state index contributed by atoms with van der Waals surface area (Å²) in [5, 5.41) is 4.42. The minimum Gasteiger partial charge on any atom is -0.374 e. The second-order valence-corrected chi connectivity index (χ2v) is 6.70. The Kier molecular flexibility index (Phi) is 6.18. The molecule has 130 valence electrons. The minimum absolute atomic E-state index is 0.164. The quantitative estimate of drug-likeness (QED) is 0.788. The van der Waals surface area contributed by atoms with Crippen LogP contribution in [0.1, 0.15) is 29.8 Å². The van der Waals surface area contributed by atoms with Gasteiger partial charge in [-0.05, 0) is 46.3 Å². The molecule has 0 saturated carbocycles. The van der Waals surface area contributed by atoms with Crippen molar-refractivity contribution in [3.8, 4) is 0 Å². The molecular weight excluding hydrogens is 292 g/mol. The molecule has 6 heteroatoms. The van der Waals surface area contributed by atoms with Gasteiger partial charge in [0.25, 0.3) is 0 Å². The highest BCUT2D eigenvalue weighted by atomic mass is 16.5. The van der Waals surface area contributed by atoms with Gasteiger partial charge in [0.05, 0.1) is 18.4 Å². The summed E-state index contributed by atoms with van der Waals surface area (Å²) in [7, 11) is 6.07. The van der Waals surface area contributed by atoms with Crippen molar-refractivity contribution in [2.24, 2.45) is 7.05 Å². The van der Waals surface area contributed by atoms with Gasteiger partial charge < -0.3 is 14.5 Å². The van der Waals surface area contributed by atoms with E-state index in [1.165, 1.54) is 5.56 Å². The van der Waals surface area contributed by atoms with Crippen LogP contribution in [-0.4, -0.2) is 71.9 Å². The number of hydrogen-bond donors (Lipinski definition) is 0. The zero-order valence-corrected chi connectivity index (χ0v) is 15.1. The van der Waals surface area contributed by atoms with Crippen molar-refractivity contribution in [1.29, 1.82) is 0 Å². The molecule has 23 heavy (non-hydrogen) atoms. The van der Waals surface area contributed by atoms with E-state index >= 15 is 0 Å². The fourth-order valence-corrected chi connectivity index (χ4v) is 3.09. The van der Waals surface area contributed by atoms with E-state index in [0.717, 1.165) is 37.3 Å². The highest BCUT2D eigenvalue weighted by molar-refractivity contribution is 5.76. The lowest BCUT2D eigenvalue weighted by Crippen LogP contribution is -2.46. The van der Waals surface area contributed by atoms with Gasteiger partial charge in [-0.1, -0.05) is 0 Å². The van der Waals surface area contributed by atoms with Crippen LogP contribution in [0.3, 0.4) is 0 Å². The lowest BCUT2D eigenvalue weighted by atomic mass is 10.1. The molecule has 1 aliphatic rings. The Morgan fingerprint density at radius 1 is 1.39 bits per heavy atom. The first kappa shape index (κ1) is 17.9. The maximum absolute atomic E-state index is 12.5. The minimum atomic E-state index is 0.164. The summed E-state index contributed by atoms with van der Waals surface area (Å²) in [6.07, 6.45) is 2.45. The normalized spacial score (nSPS) is 18.7. The first-order valence-corrected chi connectivity index (χ1v) is 8.41. The van der Waals surface area contributed by atoms with E-state index in [2.05, 4.69) is 31.0 Å². The molecule has 1 saturated heterocycles. The Labute approximate surface area is 139 Å². The van der Waals surface area contributed by atoms with Crippen LogP contribution in [0.2, 0.25) is 0 Å². The fraction of sp³-hybridized carbons (Fsp3) is 0.765. The lowest BCUT2D eigenvalue weighted by Gasteiger charge is -2.33. The Hall–Kier alpha value is -1.40. The molecule has 0 spiro atoms. The van der Waals surface area contributed by atoms with Gasteiger partial charge in [-0.15, -0.1) is 0 Å². The highest BCUT2D eigenvalue weighted by Gasteiger charge is 2.24. The predicted octanol–water partition coefficient (Wildman–Crippen LogP) is 1.15. The number of amides is 1. The van der Waals surface area contributed by atoms with E-state index in [4.69, 9.17) is 4.74 Å². The van der Waals surface area contributed by atoms with Crippen molar-refractivity contribution in [2.45, 2.75) is 39.2 Å². The Morgan fingerprint density at radius 3 is 2.74 bits per heavy atom. The summed E-state index contributed by atoms with van der Waals surface area (Å²) in [6.45, 7) is 7.14. The summed E-state index contributed by atoms with van der Waals surface area (Å²) in [6, 6.07) is 0. The van der Waals surface area contributed by atoms with Crippen molar-refractivity contribution in [1.82, 2.24) is 19.6 Å². The third kappa shape index (κ3) is 4.78. The highest BCUT2D eigenvalue weighted by Crippen LogP contribution is 2.16. The van der Waals surface area contributed by atoms with Gasteiger partial charge in [-0.2, -0.15) is 5.10 Å². The fourth-order valence-electron chi connectivity index (χ4n) is 3.09. The summed E-state index contributed by atoms with van der Waals surface area (Å²) in [5.41, 5.74) is 3.39. The number of carbonyl (C=O) groups excluding carboxylic acids is 1. The van der Waals surface area contributed by atoms with Crippen LogP contribution in [0, 0.1) is 13.8 Å². The molecule has 0 aliphatic carbocycles. The van der Waals surface area contributed by atoms with Crippen LogP contribution in [0.25, 0.3) is 0 Å². The Bertz CT molecular complexity index is 539. The average molecular weight is 322 g/mol. The van der Waals surface area contributed by atoms with Gasteiger partial charge in [-0.3, -0.25) is 9.48 Å². The molecular formula is C17H30N4O2. The molecule has 0 bridgehead atoms. The van der Waals surface area contributed by atoms with Crippen molar-refractivity contribution < 1.29 is 9.53 Å². The van der Waals surface area contributed by atoms with E-state index in [9.17, 15) is 4.79 Å². The number of ether oxygens (including phenoxy) is 1. The van der Waals surface area contributed by atoms with E-state index in [1.807, 2.05) is 23.6 Å². The van der Waals surface area contributed by atoms with Gasteiger partial charge in [0, 0.05) is 38.8 Å². The van der Waals surface area contributed by atoms with Gasteiger partial charge in [0.2, 0.25) is 5.91 Å². The Balaban J connectivity index is 1.85. The molecule has 1 aromatic rings. The van der Waals surface area contributed by atoms with E-state index in [0.29, 0.717) is 19.6 Å².